The number of carbonyl (C=O) groups excluding carboxylic acids is 1. The topological polar surface area (TPSA) is 58.4 Å². The summed E-state index contributed by atoms with van der Waals surface area (Å²) in [6, 6.07) is 1.64. The first-order chi connectivity index (χ1) is 8.63. The number of alkyl halides is 5. The molecule has 0 radical (unpaired) electrons. The minimum absolute atomic E-state index is 0.0866. The molecule has 0 unspecified atom stereocenters. The van der Waals surface area contributed by atoms with E-state index in [1.165, 1.54) is 0 Å². The van der Waals surface area contributed by atoms with E-state index < -0.39 is 23.7 Å². The van der Waals surface area contributed by atoms with Crippen molar-refractivity contribution in [2.75, 3.05) is 5.32 Å². The van der Waals surface area contributed by atoms with Crippen molar-refractivity contribution in [3.05, 3.63) is 29.3 Å². The van der Waals surface area contributed by atoms with Crippen LogP contribution < -0.4 is 11.2 Å². The van der Waals surface area contributed by atoms with Crippen LogP contribution in [-0.4, -0.2) is 17.2 Å². The number of anilines is 1. The van der Waals surface area contributed by atoms with E-state index in [0.29, 0.717) is 17.1 Å². The van der Waals surface area contributed by atoms with Gasteiger partial charge in [-0.2, -0.15) is 22.0 Å². The van der Waals surface area contributed by atoms with Gasteiger partial charge in [-0.25, -0.2) is 10.6 Å². The van der Waals surface area contributed by atoms with E-state index in [0.717, 1.165) is 6.07 Å². The Hall–Kier alpha value is -1.90. The molecule has 0 bridgehead atoms. The van der Waals surface area contributed by atoms with E-state index in [1.54, 1.807) is 0 Å². The number of hydrogen-bond donors (Lipinski definition) is 2. The molecule has 4 nitrogen and oxygen atoms in total. The van der Waals surface area contributed by atoms with Crippen LogP contribution >= 0.6 is 0 Å². The van der Waals surface area contributed by atoms with Crippen molar-refractivity contribution in [3.8, 4) is 0 Å². The van der Waals surface area contributed by atoms with Crippen LogP contribution in [0.2, 0.25) is 0 Å². The van der Waals surface area contributed by atoms with Crippen LogP contribution in [0.5, 0.6) is 0 Å². The minimum atomic E-state index is -5.68. The summed E-state index contributed by atoms with van der Waals surface area (Å²) in [5, 5.41) is 2.94. The Morgan fingerprint density at radius 3 is 2.42 bits per heavy atom. The van der Waals surface area contributed by atoms with Crippen LogP contribution in [0.15, 0.2) is 18.2 Å². The Bertz CT molecular complexity index is 528. The highest BCUT2D eigenvalue weighted by molar-refractivity contribution is 5.91. The molecule has 1 aromatic rings. The molecule has 0 fully saturated rings. The zero-order chi connectivity index (χ0) is 14.4. The second kappa shape index (κ2) is 4.05. The Balaban J connectivity index is 2.43. The quantitative estimate of drug-likeness (QED) is 0.472. The summed E-state index contributed by atoms with van der Waals surface area (Å²) in [4.78, 5) is 11.2. The Kier molecular flexibility index (Phi) is 2.89. The Morgan fingerprint density at radius 2 is 1.84 bits per heavy atom. The highest BCUT2D eigenvalue weighted by Crippen LogP contribution is 2.44. The highest BCUT2D eigenvalue weighted by Gasteiger charge is 2.58. The first kappa shape index (κ1) is 13.5. The second-order valence-electron chi connectivity index (χ2n) is 4.00. The minimum Gasteiger partial charge on any atom is -0.306 e. The van der Waals surface area contributed by atoms with Crippen molar-refractivity contribution in [1.29, 1.82) is 0 Å². The lowest BCUT2D eigenvalue weighted by Gasteiger charge is -2.27. The second-order valence-corrected chi connectivity index (χ2v) is 4.00. The molecule has 0 atom stereocenters. The summed E-state index contributed by atoms with van der Waals surface area (Å²) in [5.41, 5.74) is -0.944. The van der Waals surface area contributed by atoms with Gasteiger partial charge in [0.15, 0.2) is 0 Å². The number of carbonyl (C=O) groups is 1. The van der Waals surface area contributed by atoms with Gasteiger partial charge in [0.05, 0.1) is 6.54 Å². The van der Waals surface area contributed by atoms with E-state index >= 15 is 0 Å². The molecular weight excluding hydrogens is 273 g/mol. The van der Waals surface area contributed by atoms with Crippen LogP contribution in [0.4, 0.5) is 32.4 Å². The van der Waals surface area contributed by atoms with Crippen LogP contribution in [0, 0.1) is 0 Å². The third-order valence-corrected chi connectivity index (χ3v) is 2.67. The van der Waals surface area contributed by atoms with Gasteiger partial charge in [0.25, 0.3) is 0 Å². The standard InChI is InChI=1S/C10H8F5N3O/c11-9(12,10(13,14)15)6-1-2-7-5(3-6)4-18(16)8(19)17-7/h1-3H,4,16H2,(H,17,19). The van der Waals surface area contributed by atoms with E-state index in [9.17, 15) is 26.7 Å². The predicted octanol–water partition coefficient (Wildman–Crippen LogP) is 2.56. The first-order valence-electron chi connectivity index (χ1n) is 5.04. The molecule has 0 aromatic heterocycles. The molecule has 19 heavy (non-hydrogen) atoms. The number of halogens is 5. The molecule has 9 heteroatoms. The van der Waals surface area contributed by atoms with Crippen molar-refractivity contribution in [2.45, 2.75) is 18.6 Å². The number of nitrogens with two attached hydrogens (primary N) is 1. The fraction of sp³-hybridized carbons (Fsp3) is 0.300. The summed E-state index contributed by atoms with van der Waals surface area (Å²) in [6.45, 7) is -0.247. The summed E-state index contributed by atoms with van der Waals surface area (Å²) >= 11 is 0. The van der Waals surface area contributed by atoms with E-state index in [4.69, 9.17) is 5.84 Å². The van der Waals surface area contributed by atoms with E-state index in [1.807, 2.05) is 0 Å². The molecule has 1 aliphatic rings. The number of benzene rings is 1. The molecule has 1 aromatic carbocycles. The number of fused-ring (bicyclic) bond motifs is 1. The summed E-state index contributed by atoms with van der Waals surface area (Å²) in [7, 11) is 0. The van der Waals surface area contributed by atoms with Crippen molar-refractivity contribution in [3.63, 3.8) is 0 Å². The molecule has 104 valence electrons. The average Bonchev–Trinajstić information content (AvgIpc) is 2.28. The summed E-state index contributed by atoms with van der Waals surface area (Å²) in [6.07, 6.45) is -5.68. The van der Waals surface area contributed by atoms with Crippen molar-refractivity contribution >= 4 is 11.7 Å². The maximum Gasteiger partial charge on any atom is 0.458 e. The molecule has 3 N–H and O–H groups in total. The molecule has 0 saturated heterocycles. The van der Waals surface area contributed by atoms with Crippen LogP contribution in [0.1, 0.15) is 11.1 Å². The molecule has 0 aliphatic carbocycles. The zero-order valence-corrected chi connectivity index (χ0v) is 9.26. The lowest BCUT2D eigenvalue weighted by Crippen LogP contribution is -2.43. The van der Waals surface area contributed by atoms with E-state index in [2.05, 4.69) is 5.32 Å². The molecule has 1 aliphatic heterocycles. The normalized spacial score (nSPS) is 16.1. The highest BCUT2D eigenvalue weighted by atomic mass is 19.4. The SMILES string of the molecule is NN1Cc2cc(C(F)(F)C(F)(F)F)ccc2NC1=O. The van der Waals surface area contributed by atoms with Gasteiger partial charge in [-0.05, 0) is 17.7 Å². The number of nitrogens with one attached hydrogen (secondary N) is 1. The van der Waals surface area contributed by atoms with Crippen LogP contribution in [0.3, 0.4) is 0 Å². The maximum atomic E-state index is 13.1. The third-order valence-electron chi connectivity index (χ3n) is 2.67. The molecule has 1 heterocycles. The maximum absolute atomic E-state index is 13.1. The summed E-state index contributed by atoms with van der Waals surface area (Å²) < 4.78 is 63.0. The molecule has 2 amide bonds. The average molecular weight is 281 g/mol. The van der Waals surface area contributed by atoms with Crippen molar-refractivity contribution < 1.29 is 26.7 Å². The lowest BCUT2D eigenvalue weighted by molar-refractivity contribution is -0.289. The van der Waals surface area contributed by atoms with E-state index in [-0.39, 0.29) is 17.8 Å². The number of rotatable bonds is 1. The van der Waals surface area contributed by atoms with Crippen molar-refractivity contribution in [2.24, 2.45) is 5.84 Å². The molecular formula is C10H8F5N3O. The van der Waals surface area contributed by atoms with Gasteiger partial charge in [-0.15, -0.1) is 0 Å². The fourth-order valence-electron chi connectivity index (χ4n) is 1.65. The fourth-order valence-corrected chi connectivity index (χ4v) is 1.65. The van der Waals surface area contributed by atoms with Gasteiger partial charge in [0.2, 0.25) is 0 Å². The molecule has 2 rings (SSSR count). The zero-order valence-electron chi connectivity index (χ0n) is 9.26. The molecule has 0 spiro atoms. The largest absolute Gasteiger partial charge is 0.458 e. The van der Waals surface area contributed by atoms with Gasteiger partial charge in [0, 0.05) is 11.3 Å². The van der Waals surface area contributed by atoms with Crippen LogP contribution in [0.25, 0.3) is 0 Å². The lowest BCUT2D eigenvalue weighted by atomic mass is 10.0. The number of urea groups is 1. The van der Waals surface area contributed by atoms with Gasteiger partial charge < -0.3 is 5.32 Å². The van der Waals surface area contributed by atoms with Gasteiger partial charge in [-0.1, -0.05) is 6.07 Å². The smallest absolute Gasteiger partial charge is 0.306 e. The van der Waals surface area contributed by atoms with Gasteiger partial charge in [-0.3, -0.25) is 5.01 Å². The monoisotopic (exact) mass is 281 g/mol. The summed E-state index contributed by atoms with van der Waals surface area (Å²) in [5.74, 6) is 0.294. The third kappa shape index (κ3) is 2.21. The number of nitrogens with zero attached hydrogens (tertiary/aromatic N) is 1. The van der Waals surface area contributed by atoms with Crippen LogP contribution in [-0.2, 0) is 12.5 Å². The first-order valence-corrected chi connectivity index (χ1v) is 5.04. The predicted molar refractivity (Wildman–Crippen MR) is 55.1 cm³/mol. The van der Waals surface area contributed by atoms with Gasteiger partial charge in [0.1, 0.15) is 0 Å². The Morgan fingerprint density at radius 1 is 1.21 bits per heavy atom. The molecule has 0 saturated carbocycles. The Labute approximate surface area is 103 Å². The number of hydrogen-bond acceptors (Lipinski definition) is 2. The van der Waals surface area contributed by atoms with Crippen molar-refractivity contribution in [1.82, 2.24) is 5.01 Å². The number of amides is 2. The van der Waals surface area contributed by atoms with Gasteiger partial charge >= 0.3 is 18.1 Å². The number of hydrazine groups is 1.